The minimum atomic E-state index is -4.80. The molecule has 4 nitrogen and oxygen atoms in total. The lowest BCUT2D eigenvalue weighted by molar-refractivity contribution is -0.274. The molecule has 0 saturated carbocycles. The lowest BCUT2D eigenvalue weighted by Crippen LogP contribution is -2.22. The molecule has 0 aliphatic rings. The summed E-state index contributed by atoms with van der Waals surface area (Å²) in [6, 6.07) is 4.65. The summed E-state index contributed by atoms with van der Waals surface area (Å²) < 4.78 is 49.7. The van der Waals surface area contributed by atoms with E-state index in [0.717, 1.165) is 12.1 Å². The summed E-state index contributed by atoms with van der Waals surface area (Å²) in [4.78, 5) is 11.4. The summed E-state index contributed by atoms with van der Waals surface area (Å²) in [5, 5.41) is 2.30. The summed E-state index contributed by atoms with van der Waals surface area (Å²) in [7, 11) is 0. The van der Waals surface area contributed by atoms with Crippen molar-refractivity contribution >= 4 is 27.1 Å². The van der Waals surface area contributed by atoms with Crippen LogP contribution in [0.2, 0.25) is 0 Å². The van der Waals surface area contributed by atoms with Gasteiger partial charge in [0.15, 0.2) is 21.2 Å². The van der Waals surface area contributed by atoms with Crippen molar-refractivity contribution in [2.24, 2.45) is 0 Å². The van der Waals surface area contributed by atoms with Crippen molar-refractivity contribution in [2.75, 3.05) is 4.55 Å². The van der Waals surface area contributed by atoms with Gasteiger partial charge in [-0.15, -0.1) is 13.2 Å². The van der Waals surface area contributed by atoms with E-state index in [4.69, 9.17) is 0 Å². The van der Waals surface area contributed by atoms with Gasteiger partial charge >= 0.3 is 6.36 Å². The predicted molar refractivity (Wildman–Crippen MR) is 60.2 cm³/mol. The third-order valence-electron chi connectivity index (χ3n) is 1.61. The highest BCUT2D eigenvalue weighted by molar-refractivity contribution is 14.1. The third-order valence-corrected chi connectivity index (χ3v) is 2.30. The number of ether oxygens (including phenoxy) is 1. The van der Waals surface area contributed by atoms with Crippen LogP contribution in [0.5, 0.6) is 5.75 Å². The first-order valence-corrected chi connectivity index (χ1v) is 6.68. The van der Waals surface area contributed by atoms with Gasteiger partial charge < -0.3 is 10.1 Å². The quantitative estimate of drug-likeness (QED) is 0.510. The maximum absolute atomic E-state index is 11.9. The molecule has 1 aromatic rings. The summed E-state index contributed by atoms with van der Waals surface area (Å²) in [6.07, 6.45) is -4.80. The lowest BCUT2D eigenvalue weighted by atomic mass is 10.2. The fraction of sp³-hybridized carbons (Fsp3) is 0.222. The fourth-order valence-corrected chi connectivity index (χ4v) is 1.53. The zero-order valence-corrected chi connectivity index (χ0v) is 10.4. The van der Waals surface area contributed by atoms with Crippen molar-refractivity contribution in [3.8, 4) is 5.75 Å². The highest BCUT2D eigenvalue weighted by atomic mass is 127. The zero-order valence-electron chi connectivity index (χ0n) is 8.25. The van der Waals surface area contributed by atoms with Gasteiger partial charge in [-0.1, -0.05) is 6.07 Å². The van der Waals surface area contributed by atoms with Crippen LogP contribution >= 0.6 is 21.2 Å². The van der Waals surface area contributed by atoms with Crippen LogP contribution in [-0.2, 0) is 3.07 Å². The molecule has 8 heteroatoms. The Bertz CT molecular complexity index is 422. The van der Waals surface area contributed by atoms with Crippen molar-refractivity contribution in [1.29, 1.82) is 0 Å². The Kier molecular flexibility index (Phi) is 4.85. The molecule has 0 radical (unpaired) electrons. The first-order chi connectivity index (χ1) is 7.92. The van der Waals surface area contributed by atoms with Crippen LogP contribution in [0.25, 0.3) is 0 Å². The van der Waals surface area contributed by atoms with Gasteiger partial charge in [0.2, 0.25) is 0 Å². The highest BCUT2D eigenvalue weighted by Gasteiger charge is 2.31. The van der Waals surface area contributed by atoms with Crippen LogP contribution in [0, 0.1) is 0 Å². The SMILES string of the molecule is O=ICNC(=O)c1cccc(OC(F)(F)F)c1. The van der Waals surface area contributed by atoms with Crippen LogP contribution < -0.4 is 10.1 Å². The average molecular weight is 361 g/mol. The first kappa shape index (κ1) is 13.9. The van der Waals surface area contributed by atoms with Gasteiger partial charge in [0.1, 0.15) is 10.3 Å². The number of carbonyl (C=O) groups excluding carboxylic acids is 1. The molecule has 0 heterocycles. The molecule has 1 N–H and O–H groups in total. The van der Waals surface area contributed by atoms with Crippen molar-refractivity contribution in [2.45, 2.75) is 6.36 Å². The number of halogens is 4. The maximum Gasteiger partial charge on any atom is 0.573 e. The molecule has 1 amide bonds. The Morgan fingerprint density at radius 3 is 2.71 bits per heavy atom. The number of amides is 1. The second kappa shape index (κ2) is 5.94. The standard InChI is InChI=1S/C9H7F3INO3/c10-9(11,12)17-7-3-1-2-6(4-7)8(15)14-5-13-16/h1-4H,5H2,(H,14,15). The predicted octanol–water partition coefficient (Wildman–Crippen LogP) is 2.59. The van der Waals surface area contributed by atoms with E-state index >= 15 is 0 Å². The summed E-state index contributed by atoms with van der Waals surface area (Å²) in [5.74, 6) is -1.06. The Morgan fingerprint density at radius 2 is 2.12 bits per heavy atom. The summed E-state index contributed by atoms with van der Waals surface area (Å²) in [6.45, 7) is 0. The Hall–Kier alpha value is -1.19. The molecule has 0 aliphatic carbocycles. The van der Waals surface area contributed by atoms with Gasteiger partial charge in [0.05, 0.1) is 0 Å². The number of rotatable bonds is 4. The molecule has 0 aromatic heterocycles. The van der Waals surface area contributed by atoms with E-state index in [9.17, 15) is 21.0 Å². The molecule has 0 spiro atoms. The van der Waals surface area contributed by atoms with Crippen LogP contribution in [0.3, 0.4) is 0 Å². The number of hydrogen-bond donors (Lipinski definition) is 1. The lowest BCUT2D eigenvalue weighted by Gasteiger charge is -2.09. The number of carbonyl (C=O) groups is 1. The van der Waals surface area contributed by atoms with E-state index in [0.29, 0.717) is 0 Å². The van der Waals surface area contributed by atoms with Gasteiger partial charge in [-0.2, -0.15) is 0 Å². The molecule has 0 atom stereocenters. The van der Waals surface area contributed by atoms with Crippen molar-refractivity contribution in [3.63, 3.8) is 0 Å². The van der Waals surface area contributed by atoms with E-state index in [-0.39, 0.29) is 10.1 Å². The Balaban J connectivity index is 2.78. The van der Waals surface area contributed by atoms with Crippen LogP contribution in [-0.4, -0.2) is 16.8 Å². The molecule has 1 rings (SSSR count). The summed E-state index contributed by atoms with van der Waals surface area (Å²) in [5.41, 5.74) is 0.0178. The molecule has 94 valence electrons. The minimum Gasteiger partial charge on any atom is -0.406 e. The van der Waals surface area contributed by atoms with E-state index in [2.05, 4.69) is 10.1 Å². The molecule has 0 bridgehead atoms. The number of nitrogens with one attached hydrogen (secondary N) is 1. The van der Waals surface area contributed by atoms with Gasteiger partial charge in [0.25, 0.3) is 5.91 Å². The summed E-state index contributed by atoms with van der Waals surface area (Å²) >= 11 is -1.34. The van der Waals surface area contributed by atoms with Crippen LogP contribution in [0.15, 0.2) is 24.3 Å². The van der Waals surface area contributed by atoms with Gasteiger partial charge in [-0.05, 0) is 18.2 Å². The van der Waals surface area contributed by atoms with Crippen molar-refractivity contribution in [3.05, 3.63) is 29.8 Å². The maximum atomic E-state index is 11.9. The minimum absolute atomic E-state index is 0.0178. The molecule has 17 heavy (non-hydrogen) atoms. The average Bonchev–Trinajstić information content (AvgIpc) is 2.24. The van der Waals surface area contributed by atoms with E-state index in [1.54, 1.807) is 0 Å². The molecule has 0 saturated heterocycles. The van der Waals surface area contributed by atoms with Crippen LogP contribution in [0.4, 0.5) is 13.2 Å². The molecule has 0 fully saturated rings. The topological polar surface area (TPSA) is 55.4 Å². The van der Waals surface area contributed by atoms with E-state index in [1.165, 1.54) is 12.1 Å². The van der Waals surface area contributed by atoms with Gasteiger partial charge in [-0.25, -0.2) is 0 Å². The molecular weight excluding hydrogens is 354 g/mol. The largest absolute Gasteiger partial charge is 0.573 e. The molecule has 0 unspecified atom stereocenters. The van der Waals surface area contributed by atoms with Gasteiger partial charge in [0, 0.05) is 5.56 Å². The fourth-order valence-electron chi connectivity index (χ4n) is 1.02. The Morgan fingerprint density at radius 1 is 1.41 bits per heavy atom. The van der Waals surface area contributed by atoms with Gasteiger partial charge in [-0.3, -0.25) is 7.86 Å². The number of alkyl halides is 4. The van der Waals surface area contributed by atoms with Crippen molar-refractivity contribution in [1.82, 2.24) is 5.32 Å². The Labute approximate surface area is 105 Å². The number of hydrogen-bond acceptors (Lipinski definition) is 3. The monoisotopic (exact) mass is 361 g/mol. The normalized spacial score (nSPS) is 11.0. The first-order valence-electron chi connectivity index (χ1n) is 4.28. The molecule has 1 aromatic carbocycles. The van der Waals surface area contributed by atoms with E-state index < -0.39 is 39.2 Å². The van der Waals surface area contributed by atoms with Crippen LogP contribution in [0.1, 0.15) is 10.4 Å². The smallest absolute Gasteiger partial charge is 0.406 e. The van der Waals surface area contributed by atoms with Crippen molar-refractivity contribution < 1.29 is 25.8 Å². The molecule has 0 aliphatic heterocycles. The zero-order chi connectivity index (χ0) is 12.9. The second-order valence-electron chi connectivity index (χ2n) is 2.82. The van der Waals surface area contributed by atoms with E-state index in [1.807, 2.05) is 0 Å². The number of benzene rings is 1. The third kappa shape index (κ3) is 5.11. The molecular formula is C9H7F3INO3. The second-order valence-corrected chi connectivity index (χ2v) is 4.21. The highest BCUT2D eigenvalue weighted by Crippen LogP contribution is 2.23.